The van der Waals surface area contributed by atoms with Crippen LogP contribution in [0.2, 0.25) is 0 Å². The second-order valence-electron chi connectivity index (χ2n) is 3.92. The van der Waals surface area contributed by atoms with E-state index in [1.807, 2.05) is 6.08 Å². The average Bonchev–Trinajstić information content (AvgIpc) is 2.13. The lowest BCUT2D eigenvalue weighted by atomic mass is 9.80. The molecular weight excluding hydrogens is 180 g/mol. The lowest BCUT2D eigenvalue weighted by Gasteiger charge is -2.39. The van der Waals surface area contributed by atoms with Crippen LogP contribution in [-0.2, 0) is 14.3 Å². The van der Waals surface area contributed by atoms with Crippen molar-refractivity contribution in [2.24, 2.45) is 5.41 Å². The zero-order valence-corrected chi connectivity index (χ0v) is 9.13. The summed E-state index contributed by atoms with van der Waals surface area (Å²) in [5.74, 6) is -0.243. The van der Waals surface area contributed by atoms with Crippen LogP contribution < -0.4 is 0 Å². The summed E-state index contributed by atoms with van der Waals surface area (Å²) >= 11 is 0. The zero-order valence-electron chi connectivity index (χ0n) is 9.13. The number of ether oxygens (including phenoxy) is 2. The van der Waals surface area contributed by atoms with Gasteiger partial charge in [-0.2, -0.15) is 0 Å². The highest BCUT2D eigenvalue weighted by Gasteiger charge is 2.36. The molecule has 0 aromatic carbocycles. The second-order valence-corrected chi connectivity index (χ2v) is 3.92. The quantitative estimate of drug-likeness (QED) is 0.511. The molecular formula is C11H18O3. The van der Waals surface area contributed by atoms with E-state index in [4.69, 9.17) is 4.74 Å². The summed E-state index contributed by atoms with van der Waals surface area (Å²) in [5, 5.41) is 0. The molecule has 0 spiro atoms. The van der Waals surface area contributed by atoms with Crippen molar-refractivity contribution in [2.75, 3.05) is 20.3 Å². The van der Waals surface area contributed by atoms with Gasteiger partial charge in [0.1, 0.15) is 0 Å². The summed E-state index contributed by atoms with van der Waals surface area (Å²) < 4.78 is 9.86. The molecule has 0 amide bonds. The maximum atomic E-state index is 11.2. The molecule has 0 bridgehead atoms. The Morgan fingerprint density at radius 3 is 2.57 bits per heavy atom. The smallest absolute Gasteiger partial charge is 0.333 e. The van der Waals surface area contributed by atoms with Crippen LogP contribution in [-0.4, -0.2) is 26.3 Å². The number of methoxy groups -OCH3 is 1. The van der Waals surface area contributed by atoms with Gasteiger partial charge in [-0.05, 0) is 13.3 Å². The van der Waals surface area contributed by atoms with Gasteiger partial charge in [-0.1, -0.05) is 19.4 Å². The average molecular weight is 198 g/mol. The first-order chi connectivity index (χ1) is 6.63. The molecule has 3 nitrogen and oxygen atoms in total. The van der Waals surface area contributed by atoms with Gasteiger partial charge in [0.2, 0.25) is 0 Å². The first-order valence-electron chi connectivity index (χ1n) is 4.99. The summed E-state index contributed by atoms with van der Waals surface area (Å²) in [6, 6.07) is 0. The van der Waals surface area contributed by atoms with Crippen LogP contribution in [0.4, 0.5) is 0 Å². The Kier molecular flexibility index (Phi) is 3.69. The van der Waals surface area contributed by atoms with E-state index in [2.05, 4.69) is 11.7 Å². The predicted octanol–water partition coefficient (Wildman–Crippen LogP) is 1.92. The summed E-state index contributed by atoms with van der Waals surface area (Å²) in [6.45, 7) is 5.40. The Hall–Kier alpha value is -0.830. The molecule has 0 N–H and O–H groups in total. The molecule has 0 saturated carbocycles. The highest BCUT2D eigenvalue weighted by Crippen LogP contribution is 2.35. The minimum absolute atomic E-state index is 0.0903. The van der Waals surface area contributed by atoms with Crippen LogP contribution >= 0.6 is 0 Å². The number of carbonyl (C=O) groups is 1. The minimum Gasteiger partial charge on any atom is -0.466 e. The molecule has 80 valence electrons. The maximum Gasteiger partial charge on any atom is 0.333 e. The fraction of sp³-hybridized carbons (Fsp3) is 0.727. The molecule has 1 aliphatic heterocycles. The van der Waals surface area contributed by atoms with E-state index in [1.54, 1.807) is 6.92 Å². The Labute approximate surface area is 85.1 Å². The van der Waals surface area contributed by atoms with Crippen molar-refractivity contribution in [2.45, 2.75) is 26.7 Å². The fourth-order valence-corrected chi connectivity index (χ4v) is 1.84. The van der Waals surface area contributed by atoms with Crippen LogP contribution in [0.3, 0.4) is 0 Å². The van der Waals surface area contributed by atoms with Crippen molar-refractivity contribution in [3.63, 3.8) is 0 Å². The minimum atomic E-state index is -0.243. The van der Waals surface area contributed by atoms with E-state index in [0.29, 0.717) is 5.57 Å². The fourth-order valence-electron chi connectivity index (χ4n) is 1.84. The van der Waals surface area contributed by atoms with E-state index < -0.39 is 0 Å². The Morgan fingerprint density at radius 1 is 1.57 bits per heavy atom. The van der Waals surface area contributed by atoms with E-state index in [9.17, 15) is 4.79 Å². The van der Waals surface area contributed by atoms with E-state index in [-0.39, 0.29) is 11.4 Å². The van der Waals surface area contributed by atoms with Crippen molar-refractivity contribution in [1.29, 1.82) is 0 Å². The van der Waals surface area contributed by atoms with Crippen LogP contribution in [0, 0.1) is 5.41 Å². The van der Waals surface area contributed by atoms with Gasteiger partial charge in [0.15, 0.2) is 0 Å². The summed E-state index contributed by atoms with van der Waals surface area (Å²) in [4.78, 5) is 11.2. The molecule has 0 atom stereocenters. The third-order valence-corrected chi connectivity index (χ3v) is 2.56. The van der Waals surface area contributed by atoms with Gasteiger partial charge >= 0.3 is 5.97 Å². The summed E-state index contributed by atoms with van der Waals surface area (Å²) in [7, 11) is 1.41. The highest BCUT2D eigenvalue weighted by molar-refractivity contribution is 5.87. The molecule has 0 aromatic heterocycles. The third kappa shape index (κ3) is 2.35. The maximum absolute atomic E-state index is 11.2. The van der Waals surface area contributed by atoms with Crippen LogP contribution in [0.5, 0.6) is 0 Å². The monoisotopic (exact) mass is 198 g/mol. The molecule has 1 aliphatic rings. The van der Waals surface area contributed by atoms with Gasteiger partial charge in [0, 0.05) is 11.0 Å². The van der Waals surface area contributed by atoms with Gasteiger partial charge in [0.25, 0.3) is 0 Å². The van der Waals surface area contributed by atoms with Crippen LogP contribution in [0.15, 0.2) is 11.6 Å². The summed E-state index contributed by atoms with van der Waals surface area (Å²) in [6.07, 6.45) is 4.18. The Morgan fingerprint density at radius 2 is 2.21 bits per heavy atom. The van der Waals surface area contributed by atoms with Crippen molar-refractivity contribution < 1.29 is 14.3 Å². The topological polar surface area (TPSA) is 35.5 Å². The molecule has 14 heavy (non-hydrogen) atoms. The van der Waals surface area contributed by atoms with Crippen LogP contribution in [0.25, 0.3) is 0 Å². The Balaban J connectivity index is 2.66. The molecule has 1 heterocycles. The standard InChI is InChI=1S/C11H18O3/c1-4-5-11(7-14-8-11)6-9(2)10(12)13-3/h6H,4-5,7-8H2,1-3H3. The lowest BCUT2D eigenvalue weighted by molar-refractivity contribution is -0.136. The molecule has 1 rings (SSSR count). The first kappa shape index (κ1) is 11.2. The molecule has 0 aliphatic carbocycles. The normalized spacial score (nSPS) is 20.1. The van der Waals surface area contributed by atoms with Gasteiger partial charge in [-0.25, -0.2) is 4.79 Å². The highest BCUT2D eigenvalue weighted by atomic mass is 16.5. The first-order valence-corrected chi connectivity index (χ1v) is 4.99. The molecule has 1 saturated heterocycles. The van der Waals surface area contributed by atoms with E-state index in [0.717, 1.165) is 26.1 Å². The SMILES string of the molecule is CCCC1(C=C(C)C(=O)OC)COC1. The predicted molar refractivity (Wildman–Crippen MR) is 53.9 cm³/mol. The van der Waals surface area contributed by atoms with E-state index in [1.165, 1.54) is 7.11 Å². The zero-order chi connectivity index (χ0) is 10.6. The lowest BCUT2D eigenvalue weighted by Crippen LogP contribution is -2.41. The van der Waals surface area contributed by atoms with Crippen LogP contribution in [0.1, 0.15) is 26.7 Å². The number of carbonyl (C=O) groups excluding carboxylic acids is 1. The molecule has 0 unspecified atom stereocenters. The third-order valence-electron chi connectivity index (χ3n) is 2.56. The number of hydrogen-bond acceptors (Lipinski definition) is 3. The molecule has 1 fully saturated rings. The van der Waals surface area contributed by atoms with Crippen molar-refractivity contribution in [3.05, 3.63) is 11.6 Å². The molecule has 0 radical (unpaired) electrons. The molecule has 0 aromatic rings. The number of rotatable bonds is 4. The van der Waals surface area contributed by atoms with Crippen molar-refractivity contribution in [1.82, 2.24) is 0 Å². The van der Waals surface area contributed by atoms with E-state index >= 15 is 0 Å². The van der Waals surface area contributed by atoms with Gasteiger partial charge in [-0.3, -0.25) is 0 Å². The number of esters is 1. The Bertz CT molecular complexity index is 239. The number of hydrogen-bond donors (Lipinski definition) is 0. The second kappa shape index (κ2) is 4.60. The molecule has 3 heteroatoms. The van der Waals surface area contributed by atoms with Gasteiger partial charge in [0.05, 0.1) is 20.3 Å². The summed E-state index contributed by atoms with van der Waals surface area (Å²) in [5.41, 5.74) is 0.775. The van der Waals surface area contributed by atoms with Crippen molar-refractivity contribution >= 4 is 5.97 Å². The largest absolute Gasteiger partial charge is 0.466 e. The van der Waals surface area contributed by atoms with Crippen molar-refractivity contribution in [3.8, 4) is 0 Å². The van der Waals surface area contributed by atoms with Gasteiger partial charge < -0.3 is 9.47 Å². The van der Waals surface area contributed by atoms with Gasteiger partial charge in [-0.15, -0.1) is 0 Å².